The van der Waals surface area contributed by atoms with Crippen molar-refractivity contribution >= 4 is 29.3 Å². The molecule has 0 spiro atoms. The first kappa shape index (κ1) is 22.5. The molecule has 3 N–H and O–H groups in total. The van der Waals surface area contributed by atoms with Crippen molar-refractivity contribution in [3.8, 4) is 5.69 Å². The van der Waals surface area contributed by atoms with Crippen LogP contribution in [-0.4, -0.2) is 40.3 Å². The van der Waals surface area contributed by atoms with E-state index in [1.54, 1.807) is 72.4 Å². The van der Waals surface area contributed by atoms with E-state index in [1.165, 1.54) is 0 Å². The molecule has 0 radical (unpaired) electrons. The number of nitrogens with zero attached hydrogens (tertiary/aromatic N) is 2. The minimum atomic E-state index is -0.482. The lowest BCUT2D eigenvalue weighted by Crippen LogP contribution is -2.34. The number of esters is 1. The quantitative estimate of drug-likeness (QED) is 0.488. The molecule has 0 saturated heterocycles. The summed E-state index contributed by atoms with van der Waals surface area (Å²) in [5.74, 6) is -0.841. The van der Waals surface area contributed by atoms with Crippen LogP contribution >= 0.6 is 0 Å². The molecule has 0 atom stereocenters. The highest BCUT2D eigenvalue weighted by Crippen LogP contribution is 2.19. The summed E-state index contributed by atoms with van der Waals surface area (Å²) in [6.07, 6.45) is 1.66. The van der Waals surface area contributed by atoms with Gasteiger partial charge in [0.05, 0.1) is 23.5 Å². The molecule has 166 valence electrons. The van der Waals surface area contributed by atoms with Gasteiger partial charge in [0.15, 0.2) is 5.69 Å². The van der Waals surface area contributed by atoms with Gasteiger partial charge in [-0.3, -0.25) is 4.79 Å². The molecule has 0 aliphatic carbocycles. The number of rotatable bonds is 7. The third kappa shape index (κ3) is 5.72. The number of urea groups is 1. The molecular weight excluding hydrogens is 410 g/mol. The molecule has 3 amide bonds. The Kier molecular flexibility index (Phi) is 7.22. The van der Waals surface area contributed by atoms with Crippen LogP contribution in [0.5, 0.6) is 0 Å². The maximum Gasteiger partial charge on any atom is 0.358 e. The van der Waals surface area contributed by atoms with Gasteiger partial charge in [0.25, 0.3) is 5.91 Å². The molecular formula is C23H25N5O4. The van der Waals surface area contributed by atoms with E-state index >= 15 is 0 Å². The van der Waals surface area contributed by atoms with E-state index in [9.17, 15) is 14.4 Å². The van der Waals surface area contributed by atoms with Gasteiger partial charge in [0, 0.05) is 17.9 Å². The first-order chi connectivity index (χ1) is 15.4. The Balaban J connectivity index is 1.69. The molecule has 1 aromatic heterocycles. The molecule has 32 heavy (non-hydrogen) atoms. The number of aromatic nitrogens is 2. The fourth-order valence-electron chi connectivity index (χ4n) is 2.89. The average Bonchev–Trinajstić information content (AvgIpc) is 3.24. The van der Waals surface area contributed by atoms with Crippen molar-refractivity contribution in [3.63, 3.8) is 0 Å². The topological polar surface area (TPSA) is 114 Å². The van der Waals surface area contributed by atoms with E-state index in [0.29, 0.717) is 22.6 Å². The molecule has 9 heteroatoms. The Bertz CT molecular complexity index is 1110. The molecule has 0 aliphatic rings. The summed E-state index contributed by atoms with van der Waals surface area (Å²) in [6, 6.07) is 14.9. The first-order valence-corrected chi connectivity index (χ1v) is 10.2. The highest BCUT2D eigenvalue weighted by atomic mass is 16.5. The maximum atomic E-state index is 12.8. The minimum absolute atomic E-state index is 0.0299. The third-order valence-electron chi connectivity index (χ3n) is 4.30. The lowest BCUT2D eigenvalue weighted by Gasteiger charge is -2.13. The maximum absolute atomic E-state index is 12.8. The second kappa shape index (κ2) is 10.3. The van der Waals surface area contributed by atoms with Crippen LogP contribution in [-0.2, 0) is 4.74 Å². The molecule has 0 unspecified atom stereocenters. The summed E-state index contributed by atoms with van der Waals surface area (Å²) in [6.45, 7) is 5.71. The van der Waals surface area contributed by atoms with Crippen molar-refractivity contribution in [1.82, 2.24) is 15.1 Å². The van der Waals surface area contributed by atoms with Gasteiger partial charge in [-0.15, -0.1) is 0 Å². The molecule has 0 aliphatic heterocycles. The number of carbonyl (C=O) groups is 3. The van der Waals surface area contributed by atoms with E-state index in [4.69, 9.17) is 4.74 Å². The molecule has 9 nitrogen and oxygen atoms in total. The van der Waals surface area contributed by atoms with Gasteiger partial charge in [-0.1, -0.05) is 12.1 Å². The van der Waals surface area contributed by atoms with Crippen LogP contribution in [0.3, 0.4) is 0 Å². The van der Waals surface area contributed by atoms with Crippen LogP contribution in [0.4, 0.5) is 16.2 Å². The smallest absolute Gasteiger partial charge is 0.358 e. The summed E-state index contributed by atoms with van der Waals surface area (Å²) >= 11 is 0. The number of hydrogen-bond donors (Lipinski definition) is 3. The van der Waals surface area contributed by atoms with E-state index in [1.807, 2.05) is 13.8 Å². The molecule has 0 saturated carbocycles. The predicted molar refractivity (Wildman–Crippen MR) is 121 cm³/mol. The third-order valence-corrected chi connectivity index (χ3v) is 4.30. The van der Waals surface area contributed by atoms with Crippen molar-refractivity contribution in [2.75, 3.05) is 17.2 Å². The lowest BCUT2D eigenvalue weighted by molar-refractivity contribution is 0.0518. The number of para-hydroxylation sites is 1. The van der Waals surface area contributed by atoms with Crippen LogP contribution in [0.15, 0.2) is 60.8 Å². The fraction of sp³-hybridized carbons (Fsp3) is 0.217. The molecule has 2 aromatic carbocycles. The molecule has 0 bridgehead atoms. The van der Waals surface area contributed by atoms with Crippen molar-refractivity contribution in [2.45, 2.75) is 26.8 Å². The van der Waals surface area contributed by atoms with Crippen molar-refractivity contribution in [2.24, 2.45) is 0 Å². The second-order valence-electron chi connectivity index (χ2n) is 7.17. The van der Waals surface area contributed by atoms with Gasteiger partial charge in [-0.2, -0.15) is 5.10 Å². The number of nitrogens with one attached hydrogen (secondary N) is 3. The Labute approximate surface area is 185 Å². The zero-order valence-electron chi connectivity index (χ0n) is 18.1. The summed E-state index contributed by atoms with van der Waals surface area (Å²) in [5.41, 5.74) is 2.24. The minimum Gasteiger partial charge on any atom is -0.461 e. The Morgan fingerprint density at radius 2 is 1.72 bits per heavy atom. The zero-order chi connectivity index (χ0) is 23.1. The van der Waals surface area contributed by atoms with E-state index in [2.05, 4.69) is 21.0 Å². The first-order valence-electron chi connectivity index (χ1n) is 10.2. The second-order valence-corrected chi connectivity index (χ2v) is 7.17. The molecule has 0 fully saturated rings. The van der Waals surface area contributed by atoms with Gasteiger partial charge in [-0.25, -0.2) is 14.3 Å². The van der Waals surface area contributed by atoms with Gasteiger partial charge in [0.1, 0.15) is 0 Å². The lowest BCUT2D eigenvalue weighted by atomic mass is 10.1. The van der Waals surface area contributed by atoms with Crippen LogP contribution < -0.4 is 16.0 Å². The summed E-state index contributed by atoms with van der Waals surface area (Å²) in [4.78, 5) is 36.6. The zero-order valence-corrected chi connectivity index (χ0v) is 18.1. The van der Waals surface area contributed by atoms with Crippen molar-refractivity contribution in [1.29, 1.82) is 0 Å². The number of anilines is 2. The molecule has 3 aromatic rings. The normalized spacial score (nSPS) is 10.5. The fourth-order valence-corrected chi connectivity index (χ4v) is 2.89. The van der Waals surface area contributed by atoms with Gasteiger partial charge < -0.3 is 20.7 Å². The average molecular weight is 435 g/mol. The van der Waals surface area contributed by atoms with Crippen molar-refractivity contribution in [3.05, 3.63) is 72.1 Å². The summed E-state index contributed by atoms with van der Waals surface area (Å²) in [5, 5.41) is 12.4. The standard InChI is InChI=1S/C23H25N5O4/c1-4-32-22(30)20-13-14-28(27-20)17-11-9-16(10-12-17)25-21(29)18-7-5-6-8-19(18)26-23(31)24-15(2)3/h5-15H,4H2,1-3H3,(H,25,29)(H2,24,26,31). The van der Waals surface area contributed by atoms with E-state index in [0.717, 1.165) is 0 Å². The Morgan fingerprint density at radius 3 is 2.41 bits per heavy atom. The monoisotopic (exact) mass is 435 g/mol. The van der Waals surface area contributed by atoms with E-state index in [-0.39, 0.29) is 30.3 Å². The van der Waals surface area contributed by atoms with Crippen LogP contribution in [0.2, 0.25) is 0 Å². The highest BCUT2D eigenvalue weighted by Gasteiger charge is 2.14. The molecule has 1 heterocycles. The largest absolute Gasteiger partial charge is 0.461 e. The van der Waals surface area contributed by atoms with Gasteiger partial charge >= 0.3 is 12.0 Å². The Hall–Kier alpha value is -4.14. The molecule has 3 rings (SSSR count). The number of benzene rings is 2. The number of amides is 3. The SMILES string of the molecule is CCOC(=O)c1ccn(-c2ccc(NC(=O)c3ccccc3NC(=O)NC(C)C)cc2)n1. The van der Waals surface area contributed by atoms with Gasteiger partial charge in [0.2, 0.25) is 0 Å². The van der Waals surface area contributed by atoms with Crippen LogP contribution in [0.25, 0.3) is 5.69 Å². The highest BCUT2D eigenvalue weighted by molar-refractivity contribution is 6.10. The van der Waals surface area contributed by atoms with Crippen molar-refractivity contribution < 1.29 is 19.1 Å². The summed E-state index contributed by atoms with van der Waals surface area (Å²) in [7, 11) is 0. The predicted octanol–water partition coefficient (Wildman–Crippen LogP) is 3.83. The van der Waals surface area contributed by atoms with Crippen LogP contribution in [0.1, 0.15) is 41.6 Å². The number of hydrogen-bond acceptors (Lipinski definition) is 5. The van der Waals surface area contributed by atoms with E-state index < -0.39 is 5.97 Å². The Morgan fingerprint density at radius 1 is 1.00 bits per heavy atom. The summed E-state index contributed by atoms with van der Waals surface area (Å²) < 4.78 is 6.49. The van der Waals surface area contributed by atoms with Gasteiger partial charge in [-0.05, 0) is 63.2 Å². The number of carbonyl (C=O) groups excluding carboxylic acids is 3. The number of ether oxygens (including phenoxy) is 1. The van der Waals surface area contributed by atoms with Crippen LogP contribution in [0, 0.1) is 0 Å².